The Hall–Kier alpha value is -0.960. The number of hydrogen-bond donors (Lipinski definition) is 1. The molecule has 2 rings (SSSR count). The van der Waals surface area contributed by atoms with E-state index in [0.717, 1.165) is 0 Å². The molecule has 8 heteroatoms. The van der Waals surface area contributed by atoms with E-state index in [1.54, 1.807) is 7.05 Å². The van der Waals surface area contributed by atoms with Crippen molar-refractivity contribution in [2.24, 2.45) is 0 Å². The van der Waals surface area contributed by atoms with E-state index < -0.39 is 10.0 Å². The highest BCUT2D eigenvalue weighted by atomic mass is 32.2. The zero-order chi connectivity index (χ0) is 14.8. The van der Waals surface area contributed by atoms with Crippen molar-refractivity contribution in [1.29, 1.82) is 0 Å². The van der Waals surface area contributed by atoms with Crippen LogP contribution in [0.3, 0.4) is 0 Å². The van der Waals surface area contributed by atoms with Crippen molar-refractivity contribution in [2.75, 3.05) is 20.3 Å². The summed E-state index contributed by atoms with van der Waals surface area (Å²) in [4.78, 5) is 0.178. The van der Waals surface area contributed by atoms with Gasteiger partial charge in [-0.15, -0.1) is 0 Å². The molecule has 2 atom stereocenters. The van der Waals surface area contributed by atoms with Crippen molar-refractivity contribution < 1.29 is 18.3 Å². The largest absolute Gasteiger partial charge is 0.396 e. The Kier molecular flexibility index (Phi) is 4.79. The second-order valence-electron chi connectivity index (χ2n) is 4.97. The first-order chi connectivity index (χ1) is 9.46. The highest BCUT2D eigenvalue weighted by Crippen LogP contribution is 2.24. The highest BCUT2D eigenvalue weighted by Gasteiger charge is 2.35. The van der Waals surface area contributed by atoms with Gasteiger partial charge in [0.05, 0.1) is 18.3 Å². The van der Waals surface area contributed by atoms with Crippen molar-refractivity contribution >= 4 is 10.0 Å². The number of aromatic nitrogens is 2. The third-order valence-corrected chi connectivity index (χ3v) is 5.47. The molecule has 7 nitrogen and oxygen atoms in total. The van der Waals surface area contributed by atoms with Gasteiger partial charge in [-0.25, -0.2) is 8.42 Å². The van der Waals surface area contributed by atoms with Crippen LogP contribution in [-0.2, 0) is 21.3 Å². The van der Waals surface area contributed by atoms with Crippen LogP contribution in [0.15, 0.2) is 17.3 Å². The number of nitrogens with zero attached hydrogens (tertiary/aromatic N) is 3. The fourth-order valence-corrected chi connectivity index (χ4v) is 3.78. The first-order valence-corrected chi connectivity index (χ1v) is 8.14. The van der Waals surface area contributed by atoms with E-state index >= 15 is 0 Å². The van der Waals surface area contributed by atoms with Crippen molar-refractivity contribution in [3.05, 3.63) is 12.4 Å². The molecule has 1 aromatic heterocycles. The number of sulfonamides is 1. The first-order valence-electron chi connectivity index (χ1n) is 6.69. The van der Waals surface area contributed by atoms with Gasteiger partial charge >= 0.3 is 0 Å². The fourth-order valence-electron chi connectivity index (χ4n) is 2.38. The molecule has 1 aliphatic heterocycles. The molecule has 1 aliphatic rings. The maximum atomic E-state index is 12.5. The van der Waals surface area contributed by atoms with Crippen LogP contribution in [0.4, 0.5) is 0 Å². The molecule has 20 heavy (non-hydrogen) atoms. The summed E-state index contributed by atoms with van der Waals surface area (Å²) in [6, 6.07) is -0.138. The summed E-state index contributed by atoms with van der Waals surface area (Å²) in [7, 11) is -1.97. The molecule has 1 N–H and O–H groups in total. The second kappa shape index (κ2) is 6.21. The Bertz CT molecular complexity index is 543. The van der Waals surface area contributed by atoms with Crippen LogP contribution in [0, 0.1) is 0 Å². The van der Waals surface area contributed by atoms with Crippen LogP contribution in [0.25, 0.3) is 0 Å². The minimum absolute atomic E-state index is 0.0543. The average Bonchev–Trinajstić information content (AvgIpc) is 3.04. The Labute approximate surface area is 119 Å². The Morgan fingerprint density at radius 1 is 1.60 bits per heavy atom. The normalized spacial score (nSPS) is 23.6. The third kappa shape index (κ3) is 3.03. The Morgan fingerprint density at radius 2 is 2.35 bits per heavy atom. The van der Waals surface area contributed by atoms with Crippen LogP contribution >= 0.6 is 0 Å². The van der Waals surface area contributed by atoms with E-state index in [-0.39, 0.29) is 23.6 Å². The summed E-state index contributed by atoms with van der Waals surface area (Å²) in [6.45, 7) is 3.02. The number of aliphatic hydroxyl groups excluding tert-OH is 1. The molecular formula is C12H21N3O4S. The monoisotopic (exact) mass is 303 g/mol. The topological polar surface area (TPSA) is 84.7 Å². The Morgan fingerprint density at radius 3 is 2.95 bits per heavy atom. The van der Waals surface area contributed by atoms with Gasteiger partial charge in [0.2, 0.25) is 10.0 Å². The zero-order valence-corrected chi connectivity index (χ0v) is 12.6. The molecule has 0 amide bonds. The van der Waals surface area contributed by atoms with E-state index in [2.05, 4.69) is 5.10 Å². The number of aliphatic hydroxyl groups is 1. The predicted octanol–water partition coefficient (Wildman–Crippen LogP) is 0.0634. The Balaban J connectivity index is 2.15. The van der Waals surface area contributed by atoms with Gasteiger partial charge in [0.25, 0.3) is 0 Å². The van der Waals surface area contributed by atoms with Gasteiger partial charge in [0.15, 0.2) is 0 Å². The molecule has 1 fully saturated rings. The molecule has 1 aromatic rings. The van der Waals surface area contributed by atoms with Gasteiger partial charge in [0, 0.05) is 33.0 Å². The maximum absolute atomic E-state index is 12.5. The van der Waals surface area contributed by atoms with E-state index in [1.165, 1.54) is 21.4 Å². The number of hydrogen-bond acceptors (Lipinski definition) is 5. The molecule has 114 valence electrons. The number of ether oxygens (including phenoxy) is 1. The minimum Gasteiger partial charge on any atom is -0.396 e. The summed E-state index contributed by atoms with van der Waals surface area (Å²) in [5, 5.41) is 12.8. The molecule has 2 unspecified atom stereocenters. The number of aryl methyl sites for hydroxylation is 1. The van der Waals surface area contributed by atoms with E-state index in [4.69, 9.17) is 9.84 Å². The lowest BCUT2D eigenvalue weighted by Gasteiger charge is -2.25. The van der Waals surface area contributed by atoms with E-state index in [1.807, 2.05) is 6.92 Å². The van der Waals surface area contributed by atoms with Crippen molar-refractivity contribution in [1.82, 2.24) is 14.1 Å². The summed E-state index contributed by atoms with van der Waals surface area (Å²) >= 11 is 0. The summed E-state index contributed by atoms with van der Waals surface area (Å²) in [5.74, 6) is 0. The summed E-state index contributed by atoms with van der Waals surface area (Å²) in [5.41, 5.74) is 0. The lowest BCUT2D eigenvalue weighted by molar-refractivity contribution is 0.102. The van der Waals surface area contributed by atoms with Crippen molar-refractivity contribution in [2.45, 2.75) is 43.4 Å². The number of likely N-dealkylation sites (N-methyl/N-ethyl adjacent to an activating group) is 1. The quantitative estimate of drug-likeness (QED) is 0.803. The summed E-state index contributed by atoms with van der Waals surface area (Å²) in [6.07, 6.45) is 4.00. The molecule has 0 bridgehead atoms. The zero-order valence-electron chi connectivity index (χ0n) is 11.8. The third-order valence-electron chi connectivity index (χ3n) is 3.64. The second-order valence-corrected chi connectivity index (χ2v) is 6.97. The van der Waals surface area contributed by atoms with Gasteiger partial charge in [-0.1, -0.05) is 0 Å². The first kappa shape index (κ1) is 15.4. The molecule has 0 aromatic carbocycles. The summed E-state index contributed by atoms with van der Waals surface area (Å²) < 4.78 is 33.4. The minimum atomic E-state index is -3.55. The van der Waals surface area contributed by atoms with Crippen LogP contribution in [0.2, 0.25) is 0 Å². The smallest absolute Gasteiger partial charge is 0.246 e. The predicted molar refractivity (Wildman–Crippen MR) is 72.7 cm³/mol. The molecule has 0 aliphatic carbocycles. The van der Waals surface area contributed by atoms with Crippen molar-refractivity contribution in [3.63, 3.8) is 0 Å². The van der Waals surface area contributed by atoms with Gasteiger partial charge in [-0.05, 0) is 19.8 Å². The average molecular weight is 303 g/mol. The highest BCUT2D eigenvalue weighted by molar-refractivity contribution is 7.89. The van der Waals surface area contributed by atoms with Crippen LogP contribution in [0.1, 0.15) is 19.8 Å². The molecular weight excluding hydrogens is 282 g/mol. The lowest BCUT2D eigenvalue weighted by atomic mass is 10.2. The van der Waals surface area contributed by atoms with Gasteiger partial charge in [0.1, 0.15) is 4.90 Å². The van der Waals surface area contributed by atoms with Gasteiger partial charge in [-0.2, -0.15) is 9.40 Å². The van der Waals surface area contributed by atoms with Crippen LogP contribution < -0.4 is 0 Å². The van der Waals surface area contributed by atoms with E-state index in [0.29, 0.717) is 26.0 Å². The molecule has 0 saturated carbocycles. The molecule has 1 saturated heterocycles. The maximum Gasteiger partial charge on any atom is 0.246 e. The van der Waals surface area contributed by atoms with Crippen LogP contribution in [-0.4, -0.2) is 60.0 Å². The molecule has 0 spiro atoms. The SMILES string of the molecule is CC1OCCC1N(C)S(=O)(=O)c1cnn(CCCO)c1. The number of rotatable bonds is 6. The molecule has 2 heterocycles. The van der Waals surface area contributed by atoms with Gasteiger partial charge < -0.3 is 9.84 Å². The molecule has 0 radical (unpaired) electrons. The fraction of sp³-hybridized carbons (Fsp3) is 0.750. The van der Waals surface area contributed by atoms with Gasteiger partial charge in [-0.3, -0.25) is 4.68 Å². The van der Waals surface area contributed by atoms with Crippen LogP contribution in [0.5, 0.6) is 0 Å². The lowest BCUT2D eigenvalue weighted by Crippen LogP contribution is -2.40. The van der Waals surface area contributed by atoms with E-state index in [9.17, 15) is 8.42 Å². The standard InChI is InChI=1S/C12H21N3O4S/c1-10-12(4-7-19-10)14(2)20(17,18)11-8-13-15(9-11)5-3-6-16/h8-10,12,16H,3-7H2,1-2H3. The van der Waals surface area contributed by atoms with Crippen molar-refractivity contribution in [3.8, 4) is 0 Å².